The van der Waals surface area contributed by atoms with Crippen LogP contribution in [0.3, 0.4) is 0 Å². The first-order valence-electron chi connectivity index (χ1n) is 11.9. The van der Waals surface area contributed by atoms with Gasteiger partial charge in [-0.15, -0.1) is 0 Å². The van der Waals surface area contributed by atoms with E-state index in [9.17, 15) is 9.90 Å². The number of hydrogen-bond donors (Lipinski definition) is 2. The van der Waals surface area contributed by atoms with Crippen LogP contribution in [0.4, 0.5) is 5.69 Å². The summed E-state index contributed by atoms with van der Waals surface area (Å²) in [5.41, 5.74) is 8.85. The summed E-state index contributed by atoms with van der Waals surface area (Å²) in [7, 11) is 0. The first-order valence-corrected chi connectivity index (χ1v) is 12.3. The predicted molar refractivity (Wildman–Crippen MR) is 146 cm³/mol. The summed E-state index contributed by atoms with van der Waals surface area (Å²) in [6.45, 7) is 8.39. The summed E-state index contributed by atoms with van der Waals surface area (Å²) in [5, 5.41) is 13.5. The first kappa shape index (κ1) is 23.8. The molecule has 1 fully saturated rings. The Balaban J connectivity index is 1.66. The molecule has 36 heavy (non-hydrogen) atoms. The maximum atomic E-state index is 11.3. The van der Waals surface area contributed by atoms with E-state index in [0.29, 0.717) is 5.11 Å². The number of benzene rings is 2. The number of carboxylic acid groups (broad SMARTS) is 1. The van der Waals surface area contributed by atoms with Gasteiger partial charge in [0.15, 0.2) is 5.11 Å². The van der Waals surface area contributed by atoms with Crippen molar-refractivity contribution in [2.24, 2.45) is 0 Å². The maximum Gasteiger partial charge on any atom is 0.335 e. The van der Waals surface area contributed by atoms with E-state index in [4.69, 9.17) is 12.2 Å². The van der Waals surface area contributed by atoms with E-state index in [0.717, 1.165) is 34.0 Å². The number of anilines is 1. The summed E-state index contributed by atoms with van der Waals surface area (Å²) in [6, 6.07) is 21.3. The minimum Gasteiger partial charge on any atom is -0.478 e. The van der Waals surface area contributed by atoms with Crippen LogP contribution >= 0.6 is 12.2 Å². The number of carbonyl (C=O) groups is 1. The molecule has 0 radical (unpaired) electrons. The Bertz CT molecular complexity index is 1460. The van der Waals surface area contributed by atoms with E-state index in [1.54, 1.807) is 12.1 Å². The lowest BCUT2D eigenvalue weighted by Crippen LogP contribution is -2.29. The van der Waals surface area contributed by atoms with Crippen molar-refractivity contribution in [2.75, 3.05) is 4.90 Å². The number of aryl methyl sites for hydroxylation is 3. The minimum absolute atomic E-state index is 0.118. The lowest BCUT2D eigenvalue weighted by Gasteiger charge is -2.28. The molecule has 1 aliphatic heterocycles. The Morgan fingerprint density at radius 3 is 2.31 bits per heavy atom. The third-order valence-corrected chi connectivity index (χ3v) is 7.34. The third-order valence-electron chi connectivity index (χ3n) is 7.03. The molecule has 2 N–H and O–H groups in total. The van der Waals surface area contributed by atoms with Crippen molar-refractivity contribution in [1.82, 2.24) is 14.9 Å². The fourth-order valence-electron chi connectivity index (χ4n) is 5.06. The van der Waals surface area contributed by atoms with Crippen molar-refractivity contribution in [3.63, 3.8) is 0 Å². The largest absolute Gasteiger partial charge is 0.478 e. The normalized spacial score (nSPS) is 17.3. The summed E-state index contributed by atoms with van der Waals surface area (Å²) >= 11 is 5.89. The highest BCUT2D eigenvalue weighted by atomic mass is 32.1. The Hall–Kier alpha value is -3.97. The molecular weight excluding hydrogens is 468 g/mol. The maximum absolute atomic E-state index is 11.3. The van der Waals surface area contributed by atoms with E-state index in [-0.39, 0.29) is 17.6 Å². The Morgan fingerprint density at radius 1 is 0.944 bits per heavy atom. The van der Waals surface area contributed by atoms with Crippen LogP contribution in [0.5, 0.6) is 0 Å². The number of hydrogen-bond acceptors (Lipinski definition) is 3. The molecule has 0 amide bonds. The van der Waals surface area contributed by atoms with Gasteiger partial charge in [-0.2, -0.15) is 0 Å². The third kappa shape index (κ3) is 4.05. The second kappa shape index (κ2) is 9.24. The van der Waals surface area contributed by atoms with Gasteiger partial charge >= 0.3 is 5.97 Å². The van der Waals surface area contributed by atoms with Gasteiger partial charge in [0.2, 0.25) is 0 Å². The van der Waals surface area contributed by atoms with Crippen LogP contribution in [0.1, 0.15) is 56.2 Å². The standard InChI is InChI=1S/C29H28N4O2S/c1-17-8-11-23(15-18(17)2)33-27(26(31-29(33)36)25-7-5-6-14-30-25)24-16-19(3)32(20(24)4)22-12-9-21(10-13-22)28(34)35/h5-16,26-27H,1-4H3,(H,31,36)(H,34,35)/t26-,27-/m0/s1. The van der Waals surface area contributed by atoms with Gasteiger partial charge in [-0.3, -0.25) is 4.98 Å². The highest BCUT2D eigenvalue weighted by Gasteiger charge is 2.42. The Kier molecular flexibility index (Phi) is 6.10. The van der Waals surface area contributed by atoms with E-state index >= 15 is 0 Å². The molecule has 0 saturated carbocycles. The minimum atomic E-state index is -0.934. The Labute approximate surface area is 216 Å². The lowest BCUT2D eigenvalue weighted by atomic mass is 9.96. The average Bonchev–Trinajstić information content (AvgIpc) is 3.36. The van der Waals surface area contributed by atoms with E-state index in [2.05, 4.69) is 71.7 Å². The molecule has 4 aromatic rings. The van der Waals surface area contributed by atoms with Gasteiger partial charge in [-0.25, -0.2) is 4.79 Å². The molecule has 0 spiro atoms. The van der Waals surface area contributed by atoms with Gasteiger partial charge in [0.05, 0.1) is 23.3 Å². The molecule has 2 aromatic heterocycles. The second-order valence-electron chi connectivity index (χ2n) is 9.28. The topological polar surface area (TPSA) is 70.4 Å². The van der Waals surface area contributed by atoms with Crippen LogP contribution < -0.4 is 10.2 Å². The quantitative estimate of drug-likeness (QED) is 0.331. The van der Waals surface area contributed by atoms with Crippen LogP contribution in [0.25, 0.3) is 5.69 Å². The molecule has 182 valence electrons. The van der Waals surface area contributed by atoms with Gasteiger partial charge in [0.25, 0.3) is 0 Å². The van der Waals surface area contributed by atoms with Crippen LogP contribution in [0, 0.1) is 27.7 Å². The summed E-state index contributed by atoms with van der Waals surface area (Å²) < 4.78 is 2.16. The fraction of sp³-hybridized carbons (Fsp3) is 0.207. The summed E-state index contributed by atoms with van der Waals surface area (Å²) in [5.74, 6) is -0.934. The summed E-state index contributed by atoms with van der Waals surface area (Å²) in [6.07, 6.45) is 1.81. The van der Waals surface area contributed by atoms with Crippen molar-refractivity contribution in [3.8, 4) is 5.69 Å². The van der Waals surface area contributed by atoms with Crippen LogP contribution in [-0.2, 0) is 0 Å². The number of pyridine rings is 1. The van der Waals surface area contributed by atoms with Crippen LogP contribution in [0.2, 0.25) is 0 Å². The van der Waals surface area contributed by atoms with Crippen molar-refractivity contribution >= 4 is 29.0 Å². The molecule has 1 saturated heterocycles. The number of thiocarbonyl (C=S) groups is 1. The molecule has 2 aromatic carbocycles. The lowest BCUT2D eigenvalue weighted by molar-refractivity contribution is 0.0697. The Morgan fingerprint density at radius 2 is 1.67 bits per heavy atom. The number of aromatic carboxylic acids is 1. The molecule has 3 heterocycles. The van der Waals surface area contributed by atoms with Gasteiger partial charge in [0, 0.05) is 29.0 Å². The smallest absolute Gasteiger partial charge is 0.335 e. The molecule has 5 rings (SSSR count). The second-order valence-corrected chi connectivity index (χ2v) is 9.67. The van der Waals surface area contributed by atoms with E-state index < -0.39 is 5.97 Å². The first-order chi connectivity index (χ1) is 17.3. The zero-order valence-corrected chi connectivity index (χ0v) is 21.5. The SMILES string of the molecule is Cc1ccc(N2C(=S)N[C@@H](c3ccccn3)[C@@H]2c2cc(C)n(-c3ccc(C(=O)O)cc3)c2C)cc1C. The van der Waals surface area contributed by atoms with Gasteiger partial charge in [-0.05, 0) is 111 Å². The molecule has 2 atom stereocenters. The summed E-state index contributed by atoms with van der Waals surface area (Å²) in [4.78, 5) is 18.2. The molecule has 7 heteroatoms. The fourth-order valence-corrected chi connectivity index (χ4v) is 5.41. The number of nitrogens with one attached hydrogen (secondary N) is 1. The van der Waals surface area contributed by atoms with Crippen molar-refractivity contribution in [3.05, 3.63) is 112 Å². The molecule has 1 aliphatic rings. The molecule has 6 nitrogen and oxygen atoms in total. The molecule has 0 aliphatic carbocycles. The van der Waals surface area contributed by atoms with Gasteiger partial charge < -0.3 is 19.9 Å². The molecule has 0 unspecified atom stereocenters. The zero-order chi connectivity index (χ0) is 25.6. The highest BCUT2D eigenvalue weighted by molar-refractivity contribution is 7.80. The number of rotatable bonds is 5. The number of aromatic nitrogens is 2. The average molecular weight is 497 g/mol. The van der Waals surface area contributed by atoms with Crippen molar-refractivity contribution in [1.29, 1.82) is 0 Å². The number of carboxylic acids is 1. The van der Waals surface area contributed by atoms with Crippen molar-refractivity contribution in [2.45, 2.75) is 39.8 Å². The van der Waals surface area contributed by atoms with Gasteiger partial charge in [0.1, 0.15) is 0 Å². The molecular formula is C29H28N4O2S. The molecule has 0 bridgehead atoms. The van der Waals surface area contributed by atoms with Crippen molar-refractivity contribution < 1.29 is 9.90 Å². The highest BCUT2D eigenvalue weighted by Crippen LogP contribution is 2.44. The van der Waals surface area contributed by atoms with E-state index in [1.165, 1.54) is 11.1 Å². The van der Waals surface area contributed by atoms with Crippen LogP contribution in [0.15, 0.2) is 72.9 Å². The van der Waals surface area contributed by atoms with E-state index in [1.807, 2.05) is 36.5 Å². The van der Waals surface area contributed by atoms with Gasteiger partial charge in [-0.1, -0.05) is 12.1 Å². The zero-order valence-electron chi connectivity index (χ0n) is 20.7. The van der Waals surface area contributed by atoms with Crippen LogP contribution in [-0.4, -0.2) is 25.7 Å². The monoisotopic (exact) mass is 496 g/mol. The number of nitrogens with zero attached hydrogens (tertiary/aromatic N) is 3. The predicted octanol–water partition coefficient (Wildman–Crippen LogP) is 5.98.